The quantitative estimate of drug-likeness (QED) is 0.758. The van der Waals surface area contributed by atoms with Crippen LogP contribution in [0.15, 0.2) is 0 Å². The molecule has 0 atom stereocenters. The van der Waals surface area contributed by atoms with Gasteiger partial charge in [0.25, 0.3) is 0 Å². The van der Waals surface area contributed by atoms with Gasteiger partial charge in [0.05, 0.1) is 10.5 Å². The van der Waals surface area contributed by atoms with E-state index in [1.807, 2.05) is 0 Å². The van der Waals surface area contributed by atoms with Gasteiger partial charge in [-0.3, -0.25) is 0 Å². The molecule has 0 unspecified atom stereocenters. The van der Waals surface area contributed by atoms with E-state index in [9.17, 15) is 8.42 Å². The van der Waals surface area contributed by atoms with Crippen LogP contribution in [0.25, 0.3) is 0 Å². The zero-order valence-electron chi connectivity index (χ0n) is 12.4. The zero-order valence-corrected chi connectivity index (χ0v) is 13.2. The van der Waals surface area contributed by atoms with Gasteiger partial charge in [-0.2, -0.15) is 0 Å². The Hall–Kier alpha value is -0.0900. The van der Waals surface area contributed by atoms with E-state index in [0.717, 1.165) is 6.54 Å². The van der Waals surface area contributed by atoms with Crippen LogP contribution in [0.5, 0.6) is 0 Å². The van der Waals surface area contributed by atoms with Crippen molar-refractivity contribution in [2.45, 2.75) is 64.5 Å². The van der Waals surface area contributed by atoms with Gasteiger partial charge < -0.3 is 5.32 Å². The minimum absolute atomic E-state index is 0.246. The Labute approximate surface area is 113 Å². The zero-order chi connectivity index (χ0) is 13.9. The van der Waals surface area contributed by atoms with Gasteiger partial charge >= 0.3 is 0 Å². The van der Waals surface area contributed by atoms with Crippen LogP contribution in [0.1, 0.15) is 59.8 Å². The molecule has 18 heavy (non-hydrogen) atoms. The van der Waals surface area contributed by atoms with E-state index in [4.69, 9.17) is 0 Å². The Bertz CT molecular complexity index is 348. The lowest BCUT2D eigenvalue weighted by atomic mass is 9.83. The van der Waals surface area contributed by atoms with E-state index in [0.29, 0.717) is 12.0 Å². The second-order valence-electron chi connectivity index (χ2n) is 6.67. The molecule has 0 amide bonds. The van der Waals surface area contributed by atoms with E-state index in [-0.39, 0.29) is 5.75 Å². The largest absolute Gasteiger partial charge is 0.315 e. The molecule has 1 aliphatic rings. The highest BCUT2D eigenvalue weighted by atomic mass is 32.2. The summed E-state index contributed by atoms with van der Waals surface area (Å²) in [5.74, 6) is 0.246. The predicted molar refractivity (Wildman–Crippen MR) is 77.6 cm³/mol. The first-order chi connectivity index (χ1) is 8.22. The summed E-state index contributed by atoms with van der Waals surface area (Å²) in [6, 6.07) is 0. The summed E-state index contributed by atoms with van der Waals surface area (Å²) in [7, 11) is -2.98. The smallest absolute Gasteiger partial charge is 0.156 e. The summed E-state index contributed by atoms with van der Waals surface area (Å²) < 4.78 is 23.3. The third-order valence-corrected chi connectivity index (χ3v) is 7.00. The first-order valence-electron chi connectivity index (χ1n) is 7.15. The Morgan fingerprint density at radius 1 is 1.17 bits per heavy atom. The van der Waals surface area contributed by atoms with E-state index in [1.165, 1.54) is 32.1 Å². The van der Waals surface area contributed by atoms with E-state index in [2.05, 4.69) is 12.2 Å². The van der Waals surface area contributed by atoms with Crippen molar-refractivity contribution in [1.82, 2.24) is 5.32 Å². The van der Waals surface area contributed by atoms with Crippen LogP contribution >= 0.6 is 0 Å². The summed E-state index contributed by atoms with van der Waals surface area (Å²) >= 11 is 0. The average molecular weight is 275 g/mol. The Morgan fingerprint density at radius 3 is 2.17 bits per heavy atom. The molecular weight excluding hydrogens is 246 g/mol. The van der Waals surface area contributed by atoms with Crippen molar-refractivity contribution in [1.29, 1.82) is 0 Å². The predicted octanol–water partition coefficient (Wildman–Crippen LogP) is 2.76. The summed E-state index contributed by atoms with van der Waals surface area (Å²) in [5.41, 5.74) is 0.436. The van der Waals surface area contributed by atoms with Crippen LogP contribution in [0, 0.1) is 5.41 Å². The van der Waals surface area contributed by atoms with Crippen LogP contribution in [0.2, 0.25) is 0 Å². The van der Waals surface area contributed by atoms with Crippen LogP contribution in [-0.2, 0) is 9.84 Å². The van der Waals surface area contributed by atoms with E-state index in [1.54, 1.807) is 20.8 Å². The van der Waals surface area contributed by atoms with Crippen molar-refractivity contribution in [3.8, 4) is 0 Å². The topological polar surface area (TPSA) is 46.2 Å². The molecule has 4 heteroatoms. The fraction of sp³-hybridized carbons (Fsp3) is 1.00. The summed E-state index contributed by atoms with van der Waals surface area (Å²) in [5, 5.41) is 3.37. The molecule has 0 radical (unpaired) electrons. The molecule has 0 aromatic rings. The number of sulfone groups is 1. The molecule has 1 saturated carbocycles. The molecule has 0 bridgehead atoms. The number of hydrogen-bond donors (Lipinski definition) is 1. The van der Waals surface area contributed by atoms with Crippen molar-refractivity contribution < 1.29 is 8.42 Å². The number of hydrogen-bond acceptors (Lipinski definition) is 3. The SMILES string of the molecule is CCC1(CNCCS(=O)(=O)C(C)(C)C)CCCC1. The lowest BCUT2D eigenvalue weighted by molar-refractivity contribution is 0.271. The maximum Gasteiger partial charge on any atom is 0.156 e. The van der Waals surface area contributed by atoms with Crippen molar-refractivity contribution >= 4 is 9.84 Å². The Balaban J connectivity index is 2.35. The Morgan fingerprint density at radius 2 is 1.72 bits per heavy atom. The molecule has 0 aliphatic heterocycles. The summed E-state index contributed by atoms with van der Waals surface area (Å²) in [6.07, 6.45) is 6.45. The van der Waals surface area contributed by atoms with Crippen LogP contribution in [0.3, 0.4) is 0 Å². The van der Waals surface area contributed by atoms with Gasteiger partial charge in [0.1, 0.15) is 0 Å². The minimum Gasteiger partial charge on any atom is -0.315 e. The fourth-order valence-corrected chi connectivity index (χ4v) is 3.67. The van der Waals surface area contributed by atoms with Gasteiger partial charge in [-0.05, 0) is 45.4 Å². The molecule has 1 fully saturated rings. The van der Waals surface area contributed by atoms with Crippen LogP contribution in [-0.4, -0.2) is 32.0 Å². The first-order valence-corrected chi connectivity index (χ1v) is 8.81. The second kappa shape index (κ2) is 5.91. The van der Waals surface area contributed by atoms with Gasteiger partial charge in [-0.25, -0.2) is 8.42 Å². The second-order valence-corrected chi connectivity index (χ2v) is 9.53. The molecular formula is C14H29NO2S. The standard InChI is InChI=1S/C14H29NO2S/c1-5-14(8-6-7-9-14)12-15-10-11-18(16,17)13(2,3)4/h15H,5-12H2,1-4H3. The number of rotatable bonds is 6. The minimum atomic E-state index is -2.98. The summed E-state index contributed by atoms with van der Waals surface area (Å²) in [6.45, 7) is 9.12. The number of nitrogens with one attached hydrogen (secondary N) is 1. The highest BCUT2D eigenvalue weighted by Gasteiger charge is 2.32. The molecule has 1 aliphatic carbocycles. The molecule has 0 aromatic carbocycles. The lowest BCUT2D eigenvalue weighted by Gasteiger charge is -2.28. The van der Waals surface area contributed by atoms with Crippen molar-refractivity contribution in [2.75, 3.05) is 18.8 Å². The molecule has 0 spiro atoms. The van der Waals surface area contributed by atoms with Gasteiger partial charge in [-0.1, -0.05) is 19.8 Å². The lowest BCUT2D eigenvalue weighted by Crippen LogP contribution is -2.38. The molecule has 0 heterocycles. The first kappa shape index (κ1) is 16.0. The van der Waals surface area contributed by atoms with Crippen molar-refractivity contribution in [3.63, 3.8) is 0 Å². The third-order valence-electron chi connectivity index (χ3n) is 4.39. The summed E-state index contributed by atoms with van der Waals surface area (Å²) in [4.78, 5) is 0. The van der Waals surface area contributed by atoms with E-state index < -0.39 is 14.6 Å². The fourth-order valence-electron chi connectivity index (χ4n) is 2.65. The molecule has 3 nitrogen and oxygen atoms in total. The van der Waals surface area contributed by atoms with Crippen molar-refractivity contribution in [2.24, 2.45) is 5.41 Å². The van der Waals surface area contributed by atoms with E-state index >= 15 is 0 Å². The molecule has 0 aromatic heterocycles. The molecule has 1 rings (SSSR count). The van der Waals surface area contributed by atoms with Gasteiger partial charge in [-0.15, -0.1) is 0 Å². The monoisotopic (exact) mass is 275 g/mol. The van der Waals surface area contributed by atoms with Crippen molar-refractivity contribution in [3.05, 3.63) is 0 Å². The van der Waals surface area contributed by atoms with Gasteiger partial charge in [0.2, 0.25) is 0 Å². The highest BCUT2D eigenvalue weighted by molar-refractivity contribution is 7.92. The van der Waals surface area contributed by atoms with Crippen LogP contribution < -0.4 is 5.32 Å². The highest BCUT2D eigenvalue weighted by Crippen LogP contribution is 2.40. The normalized spacial score (nSPS) is 20.2. The Kier molecular flexibility index (Phi) is 5.24. The molecule has 0 saturated heterocycles. The van der Waals surface area contributed by atoms with Crippen LogP contribution in [0.4, 0.5) is 0 Å². The molecule has 108 valence electrons. The third kappa shape index (κ3) is 3.95. The van der Waals surface area contributed by atoms with Gasteiger partial charge in [0, 0.05) is 13.1 Å². The maximum atomic E-state index is 12.0. The average Bonchev–Trinajstić information content (AvgIpc) is 2.72. The van der Waals surface area contributed by atoms with Gasteiger partial charge in [0.15, 0.2) is 9.84 Å². The molecule has 1 N–H and O–H groups in total. The maximum absolute atomic E-state index is 12.0.